The van der Waals surface area contributed by atoms with Crippen molar-refractivity contribution in [2.75, 3.05) is 25.5 Å². The summed E-state index contributed by atoms with van der Waals surface area (Å²) in [6.07, 6.45) is 7.95. The molecule has 2 atom stereocenters. The second-order valence-corrected chi connectivity index (χ2v) is 10.5. The van der Waals surface area contributed by atoms with E-state index >= 15 is 0 Å². The van der Waals surface area contributed by atoms with Crippen LogP contribution in [-0.2, 0) is 10.2 Å². The zero-order valence-electron chi connectivity index (χ0n) is 18.0. The maximum absolute atomic E-state index is 12.9. The quantitative estimate of drug-likeness (QED) is 0.658. The van der Waals surface area contributed by atoms with Gasteiger partial charge in [-0.3, -0.25) is 9.36 Å². The zero-order valence-corrected chi connectivity index (χ0v) is 18.9. The van der Waals surface area contributed by atoms with Crippen LogP contribution in [0, 0.1) is 5.41 Å². The van der Waals surface area contributed by atoms with E-state index in [0.717, 1.165) is 24.6 Å². The Hall–Kier alpha value is -2.30. The van der Waals surface area contributed by atoms with Crippen LogP contribution in [0.4, 0.5) is 5.95 Å². The van der Waals surface area contributed by atoms with Gasteiger partial charge in [0.15, 0.2) is 0 Å². The fourth-order valence-corrected chi connectivity index (χ4v) is 5.75. The van der Waals surface area contributed by atoms with Crippen molar-refractivity contribution in [3.63, 3.8) is 0 Å². The van der Waals surface area contributed by atoms with Crippen LogP contribution >= 0.6 is 0 Å². The van der Waals surface area contributed by atoms with Crippen LogP contribution in [0.1, 0.15) is 45.1 Å². The Labute approximate surface area is 182 Å². The second kappa shape index (κ2) is 8.33. The molecule has 0 radical (unpaired) electrons. The summed E-state index contributed by atoms with van der Waals surface area (Å²) in [5.74, 6) is 0.458. The molecule has 0 unspecified atom stereocenters. The molecule has 1 saturated carbocycles. The first-order valence-electron chi connectivity index (χ1n) is 10.7. The van der Waals surface area contributed by atoms with E-state index in [2.05, 4.69) is 28.5 Å². The number of pyridine rings is 1. The second-order valence-electron chi connectivity index (χ2n) is 8.66. The molecule has 1 saturated heterocycles. The fraction of sp³-hybridized carbons (Fsp3) is 0.571. The Bertz CT molecular complexity index is 1140. The lowest BCUT2D eigenvalue weighted by molar-refractivity contribution is 0.305. The summed E-state index contributed by atoms with van der Waals surface area (Å²) in [4.78, 5) is 22.0. The van der Waals surface area contributed by atoms with Gasteiger partial charge in [0.05, 0.1) is 0 Å². The van der Waals surface area contributed by atoms with Crippen molar-refractivity contribution in [3.05, 3.63) is 41.3 Å². The molecule has 2 N–H and O–H groups in total. The predicted octanol–water partition coefficient (Wildman–Crippen LogP) is 2.05. The highest BCUT2D eigenvalue weighted by Gasteiger charge is 2.38. The van der Waals surface area contributed by atoms with Crippen molar-refractivity contribution < 1.29 is 8.42 Å². The van der Waals surface area contributed by atoms with Crippen LogP contribution in [0.3, 0.4) is 0 Å². The molecule has 2 aromatic rings. The summed E-state index contributed by atoms with van der Waals surface area (Å²) in [6.45, 7) is 7.02. The number of nitrogens with zero attached hydrogens (tertiary/aromatic N) is 4. The van der Waals surface area contributed by atoms with Gasteiger partial charge in [-0.15, -0.1) is 6.58 Å². The number of hydrogen-bond donors (Lipinski definition) is 2. The van der Waals surface area contributed by atoms with Gasteiger partial charge in [0.25, 0.3) is 15.8 Å². The van der Waals surface area contributed by atoms with Crippen LogP contribution in [0.25, 0.3) is 11.0 Å². The minimum Gasteiger partial charge on any atom is -0.351 e. The van der Waals surface area contributed by atoms with E-state index in [-0.39, 0.29) is 23.1 Å². The Morgan fingerprint density at radius 1 is 1.26 bits per heavy atom. The van der Waals surface area contributed by atoms with Gasteiger partial charge in [0.1, 0.15) is 5.65 Å². The van der Waals surface area contributed by atoms with Crippen molar-refractivity contribution in [3.8, 4) is 0 Å². The van der Waals surface area contributed by atoms with Crippen LogP contribution in [-0.4, -0.2) is 53.4 Å². The third kappa shape index (κ3) is 4.11. The Balaban J connectivity index is 1.60. The number of hydrogen-bond acceptors (Lipinski definition) is 6. The topological polar surface area (TPSA) is 109 Å². The maximum atomic E-state index is 12.9. The predicted molar refractivity (Wildman–Crippen MR) is 121 cm³/mol. The summed E-state index contributed by atoms with van der Waals surface area (Å²) in [7, 11) is -1.98. The van der Waals surface area contributed by atoms with Crippen LogP contribution in [0.5, 0.6) is 0 Å². The van der Waals surface area contributed by atoms with Gasteiger partial charge in [-0.1, -0.05) is 19.4 Å². The molecule has 3 heterocycles. The number of rotatable bonds is 6. The molecule has 0 amide bonds. The van der Waals surface area contributed by atoms with Crippen LogP contribution in [0.2, 0.25) is 0 Å². The molecule has 168 valence electrons. The van der Waals surface area contributed by atoms with E-state index in [1.807, 2.05) is 6.08 Å². The minimum atomic E-state index is -3.40. The van der Waals surface area contributed by atoms with E-state index in [4.69, 9.17) is 4.98 Å². The number of anilines is 1. The summed E-state index contributed by atoms with van der Waals surface area (Å²) in [5.41, 5.74) is 0.408. The highest BCUT2D eigenvalue weighted by Crippen LogP contribution is 2.47. The molecule has 2 fully saturated rings. The van der Waals surface area contributed by atoms with Crippen molar-refractivity contribution >= 4 is 27.2 Å². The van der Waals surface area contributed by atoms with Gasteiger partial charge in [0.2, 0.25) is 5.95 Å². The average Bonchev–Trinajstić information content (AvgIpc) is 3.15. The van der Waals surface area contributed by atoms with E-state index in [1.165, 1.54) is 11.4 Å². The third-order valence-corrected chi connectivity index (χ3v) is 8.35. The van der Waals surface area contributed by atoms with Crippen molar-refractivity contribution in [2.24, 2.45) is 5.41 Å². The Morgan fingerprint density at radius 3 is 2.68 bits per heavy atom. The van der Waals surface area contributed by atoms with Crippen molar-refractivity contribution in [2.45, 2.75) is 51.1 Å². The summed E-state index contributed by atoms with van der Waals surface area (Å²) in [5, 5.41) is 4.15. The first-order valence-corrected chi connectivity index (χ1v) is 12.2. The largest absolute Gasteiger partial charge is 0.351 e. The number of fused-ring (bicyclic) bond motifs is 1. The van der Waals surface area contributed by atoms with Crippen LogP contribution < -0.4 is 15.6 Å². The molecule has 9 nitrogen and oxygen atoms in total. The van der Waals surface area contributed by atoms with E-state index in [9.17, 15) is 13.2 Å². The van der Waals surface area contributed by atoms with Gasteiger partial charge in [-0.05, 0) is 31.7 Å². The van der Waals surface area contributed by atoms with E-state index in [0.29, 0.717) is 37.5 Å². The van der Waals surface area contributed by atoms with Gasteiger partial charge < -0.3 is 5.32 Å². The summed E-state index contributed by atoms with van der Waals surface area (Å²) >= 11 is 0. The smallest absolute Gasteiger partial charge is 0.279 e. The number of piperidine rings is 1. The number of allylic oxidation sites excluding steroid dienone is 1. The van der Waals surface area contributed by atoms with Crippen molar-refractivity contribution in [1.82, 2.24) is 23.6 Å². The van der Waals surface area contributed by atoms with E-state index in [1.54, 1.807) is 22.9 Å². The highest BCUT2D eigenvalue weighted by atomic mass is 32.2. The molecule has 31 heavy (non-hydrogen) atoms. The van der Waals surface area contributed by atoms with Gasteiger partial charge in [0, 0.05) is 55.3 Å². The lowest BCUT2D eigenvalue weighted by atomic mass is 9.84. The number of nitrogens with one attached hydrogen (secondary N) is 2. The summed E-state index contributed by atoms with van der Waals surface area (Å²) in [6, 6.07) is 3.42. The summed E-state index contributed by atoms with van der Waals surface area (Å²) < 4.78 is 29.5. The van der Waals surface area contributed by atoms with Gasteiger partial charge >= 0.3 is 0 Å². The molecule has 2 aromatic heterocycles. The lowest BCUT2D eigenvalue weighted by Gasteiger charge is -2.31. The normalized spacial score (nSPS) is 25.7. The SMILES string of the molecule is C=C[C@]1(C)CCC[C@H]1n1c(=O)ccc2cnc(NC3CCN(S(=O)(=O)NC)CC3)nc21. The van der Waals surface area contributed by atoms with Gasteiger partial charge in [-0.2, -0.15) is 17.7 Å². The Kier molecular flexibility index (Phi) is 5.89. The van der Waals surface area contributed by atoms with Crippen LogP contribution in [0.15, 0.2) is 35.8 Å². The minimum absolute atomic E-state index is 0.0129. The molecule has 1 aliphatic carbocycles. The molecular formula is C21H30N6O3S. The molecule has 0 aromatic carbocycles. The standard InChI is InChI=1S/C21H30N6O3S/c1-4-21(2)11-5-6-17(21)27-18(28)8-7-15-14-23-20(25-19(15)27)24-16-9-12-26(13-10-16)31(29,30)22-3/h4,7-8,14,16-17,22H,1,5-6,9-13H2,2-3H3,(H,23,24,25)/t17-,21-/m1/s1. The fourth-order valence-electron chi connectivity index (χ4n) is 4.80. The first-order chi connectivity index (χ1) is 14.8. The maximum Gasteiger partial charge on any atom is 0.279 e. The third-order valence-electron chi connectivity index (χ3n) is 6.78. The molecular weight excluding hydrogens is 416 g/mol. The molecule has 1 aliphatic heterocycles. The highest BCUT2D eigenvalue weighted by molar-refractivity contribution is 7.87. The first kappa shape index (κ1) is 21.9. The molecule has 0 spiro atoms. The van der Waals surface area contributed by atoms with Gasteiger partial charge in [-0.25, -0.2) is 9.71 Å². The zero-order chi connectivity index (χ0) is 22.2. The average molecular weight is 447 g/mol. The lowest BCUT2D eigenvalue weighted by Crippen LogP contribution is -2.46. The molecule has 10 heteroatoms. The monoisotopic (exact) mass is 446 g/mol. The van der Waals surface area contributed by atoms with Crippen molar-refractivity contribution in [1.29, 1.82) is 0 Å². The molecule has 2 aliphatic rings. The molecule has 4 rings (SSSR count). The van der Waals surface area contributed by atoms with E-state index < -0.39 is 10.2 Å². The number of aromatic nitrogens is 3. The Morgan fingerprint density at radius 2 is 2.00 bits per heavy atom. The molecule has 0 bridgehead atoms.